The van der Waals surface area contributed by atoms with E-state index >= 15 is 0 Å². The lowest BCUT2D eigenvalue weighted by Crippen LogP contribution is -2.39. The first-order chi connectivity index (χ1) is 13.9. The number of rotatable bonds is 5. The molecule has 0 amide bonds. The van der Waals surface area contributed by atoms with E-state index in [-0.39, 0.29) is 30.7 Å². The molecule has 1 N–H and O–H groups in total. The van der Waals surface area contributed by atoms with Gasteiger partial charge in [-0.2, -0.15) is 0 Å². The first kappa shape index (κ1) is 18.7. The number of benzene rings is 1. The minimum atomic E-state index is -0.470. The van der Waals surface area contributed by atoms with Crippen molar-refractivity contribution in [3.8, 4) is 0 Å². The smallest absolute Gasteiger partial charge is 0.332 e. The summed E-state index contributed by atoms with van der Waals surface area (Å²) >= 11 is 0. The summed E-state index contributed by atoms with van der Waals surface area (Å²) < 4.78 is 9.01. The Morgan fingerprint density at radius 1 is 1.17 bits per heavy atom. The molecule has 0 aliphatic rings. The number of H-pyrrole nitrogens is 1. The molecule has 3 heterocycles. The van der Waals surface area contributed by atoms with E-state index in [2.05, 4.69) is 9.97 Å². The maximum Gasteiger partial charge on any atom is 0.332 e. The molecule has 4 aromatic rings. The summed E-state index contributed by atoms with van der Waals surface area (Å²) in [6.07, 6.45) is -0.0747. The third kappa shape index (κ3) is 3.14. The van der Waals surface area contributed by atoms with Gasteiger partial charge in [-0.1, -0.05) is 18.2 Å². The minimum absolute atomic E-state index is 0.0747. The van der Waals surface area contributed by atoms with Crippen molar-refractivity contribution in [2.75, 3.05) is 6.61 Å². The molecule has 0 aliphatic carbocycles. The van der Waals surface area contributed by atoms with E-state index < -0.39 is 17.2 Å². The molecule has 3 aromatic heterocycles. The summed E-state index contributed by atoms with van der Waals surface area (Å²) in [7, 11) is 3.22. The highest BCUT2D eigenvalue weighted by Gasteiger charge is 2.20. The number of aromatic amines is 1. The van der Waals surface area contributed by atoms with Crippen molar-refractivity contribution in [3.63, 3.8) is 0 Å². The van der Waals surface area contributed by atoms with Crippen LogP contribution in [0.4, 0.5) is 0 Å². The zero-order chi connectivity index (χ0) is 20.7. The first-order valence-corrected chi connectivity index (χ1v) is 9.28. The number of esters is 1. The van der Waals surface area contributed by atoms with Crippen molar-refractivity contribution in [1.29, 1.82) is 0 Å². The summed E-state index contributed by atoms with van der Waals surface area (Å²) in [4.78, 5) is 45.4. The number of aromatic nitrogens is 5. The third-order valence-electron chi connectivity index (χ3n) is 4.97. The number of nitrogens with zero attached hydrogens (tertiary/aromatic N) is 4. The van der Waals surface area contributed by atoms with Crippen LogP contribution in [0.2, 0.25) is 0 Å². The van der Waals surface area contributed by atoms with Crippen LogP contribution in [0.3, 0.4) is 0 Å². The van der Waals surface area contributed by atoms with Gasteiger partial charge >= 0.3 is 11.7 Å². The number of imidazole rings is 1. The molecule has 9 heteroatoms. The van der Waals surface area contributed by atoms with Crippen molar-refractivity contribution < 1.29 is 9.53 Å². The Hall–Kier alpha value is -3.62. The van der Waals surface area contributed by atoms with Gasteiger partial charge in [-0.25, -0.2) is 9.78 Å². The Morgan fingerprint density at radius 2 is 1.93 bits per heavy atom. The monoisotopic (exact) mass is 395 g/mol. The average molecular weight is 395 g/mol. The zero-order valence-electron chi connectivity index (χ0n) is 16.4. The van der Waals surface area contributed by atoms with Crippen molar-refractivity contribution in [2.45, 2.75) is 19.9 Å². The quantitative estimate of drug-likeness (QED) is 0.509. The third-order valence-corrected chi connectivity index (χ3v) is 4.97. The van der Waals surface area contributed by atoms with Crippen molar-refractivity contribution in [3.05, 3.63) is 62.7 Å². The summed E-state index contributed by atoms with van der Waals surface area (Å²) in [6, 6.07) is 9.66. The lowest BCUT2D eigenvalue weighted by atomic mass is 10.2. The summed E-state index contributed by atoms with van der Waals surface area (Å²) in [6.45, 7) is 2.09. The molecule has 0 spiro atoms. The van der Waals surface area contributed by atoms with Crippen LogP contribution in [0, 0.1) is 0 Å². The average Bonchev–Trinajstić information content (AvgIpc) is 3.25. The molecule has 0 atom stereocenters. The Balaban J connectivity index is 1.82. The highest BCUT2D eigenvalue weighted by molar-refractivity contribution is 5.80. The molecule has 4 rings (SSSR count). The fraction of sp³-hybridized carbons (Fsp3) is 0.300. The fourth-order valence-corrected chi connectivity index (χ4v) is 3.52. The number of hydrogen-bond donors (Lipinski definition) is 1. The number of aryl methyl sites for hydroxylation is 2. The second-order valence-electron chi connectivity index (χ2n) is 6.86. The van der Waals surface area contributed by atoms with Crippen molar-refractivity contribution >= 4 is 28.0 Å². The molecule has 29 heavy (non-hydrogen) atoms. The SMILES string of the molecule is CCOC(=O)Cc1nc2c(c(=O)n(Cc3cc4ccccc4[nH]3)c(=O)n2C)n1C. The van der Waals surface area contributed by atoms with Gasteiger partial charge in [0, 0.05) is 25.3 Å². The zero-order valence-corrected chi connectivity index (χ0v) is 16.4. The van der Waals surface area contributed by atoms with Gasteiger partial charge < -0.3 is 14.3 Å². The number of ether oxygens (including phenoxy) is 1. The van der Waals surface area contributed by atoms with Gasteiger partial charge in [-0.05, 0) is 24.4 Å². The van der Waals surface area contributed by atoms with Crippen LogP contribution in [0.15, 0.2) is 39.9 Å². The lowest BCUT2D eigenvalue weighted by molar-refractivity contribution is -0.142. The van der Waals surface area contributed by atoms with Crippen molar-refractivity contribution in [1.82, 2.24) is 23.7 Å². The molecule has 150 valence electrons. The molecule has 0 saturated carbocycles. The molecule has 9 nitrogen and oxygen atoms in total. The van der Waals surface area contributed by atoms with E-state index in [4.69, 9.17) is 4.74 Å². The molecule has 0 bridgehead atoms. The maximum absolute atomic E-state index is 13.1. The number of para-hydroxylation sites is 1. The van der Waals surface area contributed by atoms with Crippen LogP contribution >= 0.6 is 0 Å². The number of hydrogen-bond acceptors (Lipinski definition) is 5. The van der Waals surface area contributed by atoms with Crippen LogP contribution in [0.1, 0.15) is 18.4 Å². The Labute approximate surface area is 165 Å². The van der Waals surface area contributed by atoms with Crippen LogP contribution in [-0.4, -0.2) is 36.2 Å². The Kier molecular flexibility index (Phi) is 4.57. The van der Waals surface area contributed by atoms with Gasteiger partial charge in [-0.15, -0.1) is 0 Å². The predicted molar refractivity (Wildman–Crippen MR) is 108 cm³/mol. The largest absolute Gasteiger partial charge is 0.466 e. The summed E-state index contributed by atoms with van der Waals surface area (Å²) in [5.41, 5.74) is 1.27. The molecule has 0 aliphatic heterocycles. The first-order valence-electron chi connectivity index (χ1n) is 9.28. The van der Waals surface area contributed by atoms with Gasteiger partial charge in [0.1, 0.15) is 12.2 Å². The number of fused-ring (bicyclic) bond motifs is 2. The van der Waals surface area contributed by atoms with E-state index in [1.807, 2.05) is 30.3 Å². The Bertz CT molecular complexity index is 1320. The molecular formula is C20H21N5O4. The number of carbonyl (C=O) groups excluding carboxylic acids is 1. The number of carbonyl (C=O) groups is 1. The molecule has 0 fully saturated rings. The van der Waals surface area contributed by atoms with Crippen LogP contribution < -0.4 is 11.2 Å². The molecule has 1 aromatic carbocycles. The van der Waals surface area contributed by atoms with Crippen LogP contribution in [0.5, 0.6) is 0 Å². The second-order valence-corrected chi connectivity index (χ2v) is 6.86. The standard InChI is InChI=1S/C20H21N5O4/c1-4-29-16(26)10-15-22-18-17(23(15)2)19(27)25(20(28)24(18)3)11-13-9-12-7-5-6-8-14(12)21-13/h5-9,21H,4,10-11H2,1-3H3. The minimum Gasteiger partial charge on any atom is -0.466 e. The predicted octanol–water partition coefficient (Wildman–Crippen LogP) is 1.07. The topological polar surface area (TPSA) is 104 Å². The van der Waals surface area contributed by atoms with Gasteiger partial charge in [0.15, 0.2) is 11.2 Å². The lowest BCUT2D eigenvalue weighted by Gasteiger charge is -2.07. The van der Waals surface area contributed by atoms with E-state index in [0.717, 1.165) is 16.6 Å². The van der Waals surface area contributed by atoms with Gasteiger partial charge in [0.2, 0.25) is 0 Å². The number of nitrogens with one attached hydrogen (secondary N) is 1. The van der Waals surface area contributed by atoms with E-state index in [0.29, 0.717) is 5.82 Å². The van der Waals surface area contributed by atoms with Crippen LogP contribution in [-0.2, 0) is 36.6 Å². The normalized spacial score (nSPS) is 11.4. The van der Waals surface area contributed by atoms with Gasteiger partial charge in [0.05, 0.1) is 13.2 Å². The Morgan fingerprint density at radius 3 is 2.66 bits per heavy atom. The second kappa shape index (κ2) is 7.08. The van der Waals surface area contributed by atoms with Crippen LogP contribution in [0.25, 0.3) is 22.1 Å². The fourth-order valence-electron chi connectivity index (χ4n) is 3.52. The van der Waals surface area contributed by atoms with Gasteiger partial charge in [0.25, 0.3) is 5.56 Å². The highest BCUT2D eigenvalue weighted by atomic mass is 16.5. The van der Waals surface area contributed by atoms with E-state index in [9.17, 15) is 14.4 Å². The molecule has 0 radical (unpaired) electrons. The van der Waals surface area contributed by atoms with E-state index in [1.54, 1.807) is 25.6 Å². The maximum atomic E-state index is 13.1. The molecular weight excluding hydrogens is 374 g/mol. The summed E-state index contributed by atoms with van der Waals surface area (Å²) in [5, 5.41) is 1.01. The molecule has 0 unspecified atom stereocenters. The highest BCUT2D eigenvalue weighted by Crippen LogP contribution is 2.15. The van der Waals surface area contributed by atoms with Crippen molar-refractivity contribution in [2.24, 2.45) is 14.1 Å². The molecule has 0 saturated heterocycles. The van der Waals surface area contributed by atoms with E-state index in [1.165, 1.54) is 9.13 Å². The van der Waals surface area contributed by atoms with Gasteiger partial charge in [-0.3, -0.25) is 18.7 Å². The summed E-state index contributed by atoms with van der Waals surface area (Å²) in [5.74, 6) is -0.0665.